The lowest BCUT2D eigenvalue weighted by molar-refractivity contribution is -0.0688. The van der Waals surface area contributed by atoms with E-state index in [1.54, 1.807) is 0 Å². The maximum Gasteiger partial charge on any atom is 0.475 e. The summed E-state index contributed by atoms with van der Waals surface area (Å²) in [6, 6.07) is 0. The highest BCUT2D eigenvalue weighted by molar-refractivity contribution is 7.48. The summed E-state index contributed by atoms with van der Waals surface area (Å²) in [6.45, 7) is 14.2. The maximum absolute atomic E-state index is 12.4. The Kier molecular flexibility index (Phi) is 4.15. The summed E-state index contributed by atoms with van der Waals surface area (Å²) >= 11 is 0. The molecule has 0 aromatic rings. The van der Waals surface area contributed by atoms with Crippen LogP contribution in [0, 0.1) is 11.3 Å². The van der Waals surface area contributed by atoms with E-state index in [-0.39, 0.29) is 17.4 Å². The van der Waals surface area contributed by atoms with E-state index in [4.69, 9.17) is 13.6 Å². The zero-order valence-electron chi connectivity index (χ0n) is 11.9. The fraction of sp³-hybridized carbons (Fsp3) is 1.00. The lowest BCUT2D eigenvalue weighted by atomic mass is 9.79. The number of rotatable bonds is 2. The number of phosphoric acid groups is 1. The van der Waals surface area contributed by atoms with Crippen molar-refractivity contribution in [1.29, 1.82) is 0 Å². The normalized spacial score (nSPS) is 35.9. The summed E-state index contributed by atoms with van der Waals surface area (Å²) in [5.74, 6) is 0.235. The first kappa shape index (κ1) is 15.2. The lowest BCUT2D eigenvalue weighted by Gasteiger charge is -2.42. The molecule has 1 aliphatic heterocycles. The van der Waals surface area contributed by atoms with E-state index < -0.39 is 13.4 Å². The molecule has 0 amide bonds. The van der Waals surface area contributed by atoms with E-state index in [0.29, 0.717) is 6.61 Å². The van der Waals surface area contributed by atoms with Crippen molar-refractivity contribution >= 4 is 7.82 Å². The van der Waals surface area contributed by atoms with E-state index in [2.05, 4.69) is 0 Å². The summed E-state index contributed by atoms with van der Waals surface area (Å²) in [5.41, 5.74) is -0.730. The molecule has 1 heterocycles. The zero-order chi connectivity index (χ0) is 13.5. The Hall–Kier alpha value is 0.110. The van der Waals surface area contributed by atoms with Crippen molar-refractivity contribution in [3.63, 3.8) is 0 Å². The zero-order valence-corrected chi connectivity index (χ0v) is 12.8. The van der Waals surface area contributed by atoms with Crippen molar-refractivity contribution in [3.05, 3.63) is 0 Å². The number of hydrogen-bond donors (Lipinski definition) is 0. The minimum atomic E-state index is -3.42. The molecule has 0 spiro atoms. The molecule has 0 aromatic heterocycles. The second kappa shape index (κ2) is 4.65. The molecular formula is C12H25O4P. The fourth-order valence-corrected chi connectivity index (χ4v) is 3.17. The van der Waals surface area contributed by atoms with Gasteiger partial charge in [0.05, 0.1) is 18.3 Å². The van der Waals surface area contributed by atoms with Gasteiger partial charge < -0.3 is 0 Å². The molecule has 0 aliphatic carbocycles. The first-order valence-electron chi connectivity index (χ1n) is 6.11. The molecule has 17 heavy (non-hydrogen) atoms. The second-order valence-corrected chi connectivity index (χ2v) is 7.93. The standard InChI is InChI=1S/C12H25O4P/c1-9-8-14-17(13,15-10(9)2)16-12(6,7)11(3,4)5/h9-10H,8H2,1-7H3. The third-order valence-corrected chi connectivity index (χ3v) is 5.47. The van der Waals surface area contributed by atoms with Crippen LogP contribution in [-0.4, -0.2) is 18.3 Å². The largest absolute Gasteiger partial charge is 0.475 e. The van der Waals surface area contributed by atoms with Crippen LogP contribution in [0.2, 0.25) is 0 Å². The third-order valence-electron chi connectivity index (χ3n) is 3.74. The van der Waals surface area contributed by atoms with E-state index in [0.717, 1.165) is 0 Å². The van der Waals surface area contributed by atoms with Gasteiger partial charge in [-0.05, 0) is 26.2 Å². The Labute approximate surface area is 105 Å². The molecule has 1 fully saturated rings. The molecule has 102 valence electrons. The summed E-state index contributed by atoms with van der Waals surface area (Å²) in [6.07, 6.45) is -0.106. The van der Waals surface area contributed by atoms with Gasteiger partial charge in [0.1, 0.15) is 0 Å². The van der Waals surface area contributed by atoms with Gasteiger partial charge in [0, 0.05) is 5.92 Å². The van der Waals surface area contributed by atoms with Crippen LogP contribution in [0.15, 0.2) is 0 Å². The molecule has 0 radical (unpaired) electrons. The summed E-state index contributed by atoms with van der Waals surface area (Å²) < 4.78 is 28.8. The highest BCUT2D eigenvalue weighted by Gasteiger charge is 2.45. The van der Waals surface area contributed by atoms with Gasteiger partial charge in [-0.1, -0.05) is 27.7 Å². The van der Waals surface area contributed by atoms with Crippen LogP contribution >= 0.6 is 7.82 Å². The minimum Gasteiger partial charge on any atom is -0.286 e. The minimum absolute atomic E-state index is 0.106. The van der Waals surface area contributed by atoms with Crippen LogP contribution in [0.25, 0.3) is 0 Å². The number of phosphoric ester groups is 1. The van der Waals surface area contributed by atoms with Gasteiger partial charge in [0.2, 0.25) is 0 Å². The van der Waals surface area contributed by atoms with E-state index in [1.165, 1.54) is 0 Å². The van der Waals surface area contributed by atoms with Gasteiger partial charge in [-0.2, -0.15) is 0 Å². The van der Waals surface area contributed by atoms with Crippen molar-refractivity contribution in [3.8, 4) is 0 Å². The van der Waals surface area contributed by atoms with Crippen molar-refractivity contribution in [1.82, 2.24) is 0 Å². The molecular weight excluding hydrogens is 239 g/mol. The Balaban J connectivity index is 2.78. The quantitative estimate of drug-likeness (QED) is 0.707. The van der Waals surface area contributed by atoms with Crippen molar-refractivity contribution in [2.75, 3.05) is 6.61 Å². The summed E-state index contributed by atoms with van der Waals surface area (Å²) in [5, 5.41) is 0. The molecule has 3 atom stereocenters. The van der Waals surface area contributed by atoms with E-state index >= 15 is 0 Å². The lowest BCUT2D eigenvalue weighted by Crippen LogP contribution is -2.40. The van der Waals surface area contributed by atoms with Crippen LogP contribution in [0.1, 0.15) is 48.5 Å². The summed E-state index contributed by atoms with van der Waals surface area (Å²) in [7, 11) is -3.42. The predicted octanol–water partition coefficient (Wildman–Crippen LogP) is 4.01. The molecule has 5 heteroatoms. The fourth-order valence-electron chi connectivity index (χ4n) is 1.15. The number of hydrogen-bond acceptors (Lipinski definition) is 4. The smallest absolute Gasteiger partial charge is 0.286 e. The Morgan fingerprint density at radius 3 is 2.12 bits per heavy atom. The van der Waals surface area contributed by atoms with Gasteiger partial charge in [-0.15, -0.1) is 0 Å². The van der Waals surface area contributed by atoms with Crippen LogP contribution in [0.4, 0.5) is 0 Å². The van der Waals surface area contributed by atoms with Gasteiger partial charge in [-0.3, -0.25) is 13.6 Å². The van der Waals surface area contributed by atoms with Crippen molar-refractivity contribution < 1.29 is 18.1 Å². The van der Waals surface area contributed by atoms with E-state index in [1.807, 2.05) is 48.5 Å². The molecule has 0 aromatic carbocycles. The Morgan fingerprint density at radius 1 is 1.18 bits per heavy atom. The van der Waals surface area contributed by atoms with Gasteiger partial charge in [0.25, 0.3) is 0 Å². The molecule has 0 N–H and O–H groups in total. The maximum atomic E-state index is 12.4. The van der Waals surface area contributed by atoms with Crippen molar-refractivity contribution in [2.45, 2.75) is 60.2 Å². The van der Waals surface area contributed by atoms with Gasteiger partial charge >= 0.3 is 7.82 Å². The molecule has 1 rings (SSSR count). The predicted molar refractivity (Wildman–Crippen MR) is 67.9 cm³/mol. The van der Waals surface area contributed by atoms with Crippen LogP contribution < -0.4 is 0 Å². The van der Waals surface area contributed by atoms with Crippen LogP contribution in [0.5, 0.6) is 0 Å². The van der Waals surface area contributed by atoms with Gasteiger partial charge in [0.15, 0.2) is 0 Å². The highest BCUT2D eigenvalue weighted by Crippen LogP contribution is 2.59. The molecule has 3 unspecified atom stereocenters. The molecule has 1 aliphatic rings. The Morgan fingerprint density at radius 2 is 1.71 bits per heavy atom. The SMILES string of the molecule is CC1COP(=O)(OC(C)(C)C(C)(C)C)OC1C. The molecule has 0 saturated carbocycles. The molecule has 1 saturated heterocycles. The molecule has 0 bridgehead atoms. The molecule has 4 nitrogen and oxygen atoms in total. The van der Waals surface area contributed by atoms with E-state index in [9.17, 15) is 4.57 Å². The first-order chi connectivity index (χ1) is 7.47. The van der Waals surface area contributed by atoms with Crippen LogP contribution in [0.3, 0.4) is 0 Å². The first-order valence-corrected chi connectivity index (χ1v) is 7.57. The van der Waals surface area contributed by atoms with Gasteiger partial charge in [-0.25, -0.2) is 4.57 Å². The third kappa shape index (κ3) is 3.54. The average molecular weight is 264 g/mol. The topological polar surface area (TPSA) is 44.8 Å². The summed E-state index contributed by atoms with van der Waals surface area (Å²) in [4.78, 5) is 0. The monoisotopic (exact) mass is 264 g/mol. The Bertz CT molecular complexity index is 319. The highest BCUT2D eigenvalue weighted by atomic mass is 31.2. The average Bonchev–Trinajstić information content (AvgIpc) is 2.09. The second-order valence-electron chi connectivity index (χ2n) is 6.38. The van der Waals surface area contributed by atoms with Crippen molar-refractivity contribution in [2.24, 2.45) is 11.3 Å². The van der Waals surface area contributed by atoms with Crippen LogP contribution in [-0.2, 0) is 18.1 Å².